The molecule has 6 heteroatoms. The van der Waals surface area contributed by atoms with Gasteiger partial charge < -0.3 is 0 Å². The highest BCUT2D eigenvalue weighted by Gasteiger charge is 2.07. The molecule has 1 heterocycles. The molecule has 0 bridgehead atoms. The molecule has 24 heavy (non-hydrogen) atoms. The van der Waals surface area contributed by atoms with Gasteiger partial charge in [-0.05, 0) is 48.9 Å². The van der Waals surface area contributed by atoms with Gasteiger partial charge in [-0.2, -0.15) is 5.10 Å². The van der Waals surface area contributed by atoms with Crippen molar-refractivity contribution in [2.24, 2.45) is 10.1 Å². The summed E-state index contributed by atoms with van der Waals surface area (Å²) in [6.45, 7) is 2.57. The molecule has 0 atom stereocenters. The maximum Gasteiger partial charge on any atom is 0.206 e. The van der Waals surface area contributed by atoms with Gasteiger partial charge in [0.15, 0.2) is 0 Å². The average Bonchev–Trinajstić information content (AvgIpc) is 2.97. The van der Waals surface area contributed by atoms with E-state index >= 15 is 0 Å². The molecule has 0 aliphatic carbocycles. The lowest BCUT2D eigenvalue weighted by Gasteiger charge is -2.03. The summed E-state index contributed by atoms with van der Waals surface area (Å²) in [6, 6.07) is 12.4. The van der Waals surface area contributed by atoms with E-state index in [0.29, 0.717) is 12.1 Å². The summed E-state index contributed by atoms with van der Waals surface area (Å²) >= 11 is 1.45. The fourth-order valence-electron chi connectivity index (χ4n) is 2.18. The average molecular weight is 343 g/mol. The monoisotopic (exact) mass is 343 g/mol. The summed E-state index contributed by atoms with van der Waals surface area (Å²) in [5.74, 6) is -0.603. The van der Waals surface area contributed by atoms with Gasteiger partial charge in [0.25, 0.3) is 0 Å². The van der Waals surface area contributed by atoms with E-state index in [1.165, 1.54) is 35.6 Å². The fraction of sp³-hybridized carbons (Fsp3) is 0.111. The number of hydrogen-bond donors (Lipinski definition) is 0. The van der Waals surface area contributed by atoms with Gasteiger partial charge in [-0.15, -0.1) is 11.3 Å². The van der Waals surface area contributed by atoms with Gasteiger partial charge in [-0.3, -0.25) is 4.99 Å². The Balaban J connectivity index is 2.06. The van der Waals surface area contributed by atoms with Crippen molar-refractivity contribution in [3.8, 4) is 11.3 Å². The van der Waals surface area contributed by atoms with E-state index in [4.69, 9.17) is 0 Å². The Labute approximate surface area is 142 Å². The molecule has 0 radical (unpaired) electrons. The Morgan fingerprint density at radius 3 is 2.58 bits per heavy atom. The van der Waals surface area contributed by atoms with Crippen LogP contribution in [0.1, 0.15) is 12.5 Å². The van der Waals surface area contributed by atoms with Crippen molar-refractivity contribution in [2.45, 2.75) is 6.92 Å². The van der Waals surface area contributed by atoms with E-state index in [0.717, 1.165) is 16.1 Å². The zero-order chi connectivity index (χ0) is 16.9. The second-order valence-corrected chi connectivity index (χ2v) is 5.83. The van der Waals surface area contributed by atoms with Crippen molar-refractivity contribution >= 4 is 17.6 Å². The summed E-state index contributed by atoms with van der Waals surface area (Å²) in [6.07, 6.45) is 1.58. The molecule has 2 aromatic carbocycles. The van der Waals surface area contributed by atoms with Gasteiger partial charge in [-0.25, -0.2) is 13.5 Å². The third kappa shape index (κ3) is 3.65. The molecule has 0 aliphatic rings. The number of benzene rings is 2. The second-order valence-electron chi connectivity index (χ2n) is 5.00. The van der Waals surface area contributed by atoms with E-state index in [9.17, 15) is 8.78 Å². The molecule has 3 aromatic rings. The summed E-state index contributed by atoms with van der Waals surface area (Å²) in [5.41, 5.74) is 2.29. The van der Waals surface area contributed by atoms with Crippen LogP contribution in [0.5, 0.6) is 0 Å². The van der Waals surface area contributed by atoms with E-state index in [2.05, 4.69) is 10.1 Å². The first-order valence-corrected chi connectivity index (χ1v) is 8.32. The van der Waals surface area contributed by atoms with Crippen LogP contribution in [0.4, 0.5) is 8.78 Å². The van der Waals surface area contributed by atoms with Gasteiger partial charge in [0.2, 0.25) is 4.80 Å². The molecule has 0 aliphatic heterocycles. The Hall–Kier alpha value is -2.60. The highest BCUT2D eigenvalue weighted by molar-refractivity contribution is 7.07. The summed E-state index contributed by atoms with van der Waals surface area (Å²) in [4.78, 5) is 5.15. The maximum absolute atomic E-state index is 13.3. The smallest absolute Gasteiger partial charge is 0.206 e. The molecule has 0 saturated carbocycles. The van der Waals surface area contributed by atoms with Crippen molar-refractivity contribution < 1.29 is 8.78 Å². The fourth-order valence-corrected chi connectivity index (χ4v) is 3.09. The first-order valence-electron chi connectivity index (χ1n) is 7.44. The molecule has 3 rings (SSSR count). The largest absolute Gasteiger partial charge is 0.258 e. The molecular formula is C18H15F2N3S. The van der Waals surface area contributed by atoms with Gasteiger partial charge in [0.05, 0.1) is 11.9 Å². The number of aromatic nitrogens is 1. The lowest BCUT2D eigenvalue weighted by atomic mass is 10.2. The quantitative estimate of drug-likeness (QED) is 0.632. The van der Waals surface area contributed by atoms with E-state index in [1.807, 2.05) is 12.3 Å². The lowest BCUT2D eigenvalue weighted by Crippen LogP contribution is -2.12. The number of halogens is 2. The van der Waals surface area contributed by atoms with Gasteiger partial charge in [0.1, 0.15) is 11.6 Å². The molecular weight excluding hydrogens is 328 g/mol. The maximum atomic E-state index is 13.3. The zero-order valence-corrected chi connectivity index (χ0v) is 13.8. The van der Waals surface area contributed by atoms with Crippen LogP contribution in [0.15, 0.2) is 64.0 Å². The summed E-state index contributed by atoms with van der Waals surface area (Å²) in [5, 5.41) is 6.36. The van der Waals surface area contributed by atoms with Crippen LogP contribution >= 0.6 is 11.3 Å². The normalized spacial score (nSPS) is 12.2. The molecule has 0 amide bonds. The topological polar surface area (TPSA) is 29.6 Å². The Bertz CT molecular complexity index is 924. The Morgan fingerprint density at radius 1 is 1.08 bits per heavy atom. The van der Waals surface area contributed by atoms with Gasteiger partial charge in [0, 0.05) is 17.5 Å². The van der Waals surface area contributed by atoms with Crippen LogP contribution < -0.4 is 4.80 Å². The predicted molar refractivity (Wildman–Crippen MR) is 93.2 cm³/mol. The minimum Gasteiger partial charge on any atom is -0.258 e. The van der Waals surface area contributed by atoms with Crippen LogP contribution in [0.3, 0.4) is 0 Å². The minimum atomic E-state index is -0.313. The zero-order valence-electron chi connectivity index (χ0n) is 13.0. The number of rotatable bonds is 4. The minimum absolute atomic E-state index is 0.290. The van der Waals surface area contributed by atoms with Crippen molar-refractivity contribution in [1.82, 2.24) is 4.68 Å². The number of nitrogens with zero attached hydrogens (tertiary/aromatic N) is 3. The molecule has 0 fully saturated rings. The lowest BCUT2D eigenvalue weighted by molar-refractivity contribution is 0.627. The SMILES string of the molecule is CCN=c1scc(-c2ccc(F)cc2)n1/N=C\c1cccc(F)c1. The molecule has 3 nitrogen and oxygen atoms in total. The predicted octanol–water partition coefficient (Wildman–Crippen LogP) is 4.30. The van der Waals surface area contributed by atoms with E-state index in [1.54, 1.807) is 35.2 Å². The van der Waals surface area contributed by atoms with Crippen LogP contribution in [0.2, 0.25) is 0 Å². The second kappa shape index (κ2) is 7.31. The molecule has 1 aromatic heterocycles. The summed E-state index contributed by atoms with van der Waals surface area (Å²) < 4.78 is 28.1. The van der Waals surface area contributed by atoms with Crippen molar-refractivity contribution in [3.05, 3.63) is 75.9 Å². The highest BCUT2D eigenvalue weighted by atomic mass is 32.1. The Morgan fingerprint density at radius 2 is 1.88 bits per heavy atom. The number of thiazole rings is 1. The molecule has 122 valence electrons. The highest BCUT2D eigenvalue weighted by Crippen LogP contribution is 2.20. The van der Waals surface area contributed by atoms with Crippen LogP contribution in [0, 0.1) is 11.6 Å². The first-order chi connectivity index (χ1) is 11.7. The van der Waals surface area contributed by atoms with Crippen LogP contribution in [0.25, 0.3) is 11.3 Å². The molecule has 0 spiro atoms. The van der Waals surface area contributed by atoms with Crippen molar-refractivity contribution in [2.75, 3.05) is 6.54 Å². The molecule has 0 N–H and O–H groups in total. The number of hydrogen-bond acceptors (Lipinski definition) is 3. The van der Waals surface area contributed by atoms with Crippen LogP contribution in [-0.2, 0) is 0 Å². The first kappa shape index (κ1) is 16.3. The van der Waals surface area contributed by atoms with E-state index in [-0.39, 0.29) is 11.6 Å². The Kier molecular flexibility index (Phi) is 4.96. The summed E-state index contributed by atoms with van der Waals surface area (Å²) in [7, 11) is 0. The molecule has 0 saturated heterocycles. The standard InChI is InChI=1S/C18H15F2N3S/c1-2-21-18-23(22-11-13-4-3-5-16(20)10-13)17(12-24-18)14-6-8-15(19)9-7-14/h3-12H,2H2,1H3/b21-18?,22-11-. The third-order valence-electron chi connectivity index (χ3n) is 3.29. The van der Waals surface area contributed by atoms with Crippen LogP contribution in [-0.4, -0.2) is 17.4 Å². The van der Waals surface area contributed by atoms with Crippen molar-refractivity contribution in [1.29, 1.82) is 0 Å². The van der Waals surface area contributed by atoms with Crippen molar-refractivity contribution in [3.63, 3.8) is 0 Å². The molecule has 0 unspecified atom stereocenters. The van der Waals surface area contributed by atoms with Gasteiger partial charge >= 0.3 is 0 Å². The third-order valence-corrected chi connectivity index (χ3v) is 4.14. The van der Waals surface area contributed by atoms with E-state index < -0.39 is 0 Å². The van der Waals surface area contributed by atoms with Gasteiger partial charge in [-0.1, -0.05) is 12.1 Å².